The average Bonchev–Trinajstić information content (AvgIpc) is 3.00. The van der Waals surface area contributed by atoms with Crippen LogP contribution in [0, 0.1) is 0 Å². The lowest BCUT2D eigenvalue weighted by atomic mass is 10.1. The van der Waals surface area contributed by atoms with Crippen molar-refractivity contribution in [2.24, 2.45) is 4.99 Å². The molecule has 6 rings (SSSR count). The van der Waals surface area contributed by atoms with Crippen molar-refractivity contribution in [2.75, 3.05) is 5.32 Å². The topological polar surface area (TPSA) is 50.2 Å². The minimum atomic E-state index is 0.887. The maximum atomic E-state index is 4.54. The second-order valence-corrected chi connectivity index (χ2v) is 9.12. The van der Waals surface area contributed by atoms with E-state index in [2.05, 4.69) is 81.0 Å². The fraction of sp³-hybridized carbons (Fsp3) is 0. The second-order valence-electron chi connectivity index (χ2n) is 9.12. The van der Waals surface area contributed by atoms with Crippen LogP contribution in [0.15, 0.2) is 127 Å². The maximum absolute atomic E-state index is 4.54. The van der Waals surface area contributed by atoms with Gasteiger partial charge in [-0.15, -0.1) is 0 Å². The Labute approximate surface area is 227 Å². The van der Waals surface area contributed by atoms with Gasteiger partial charge in [0.2, 0.25) is 0 Å². The van der Waals surface area contributed by atoms with Crippen molar-refractivity contribution < 1.29 is 0 Å². The van der Waals surface area contributed by atoms with Gasteiger partial charge in [-0.25, -0.2) is 4.99 Å². The summed E-state index contributed by atoms with van der Waals surface area (Å²) in [5.41, 5.74) is 8.42. The van der Waals surface area contributed by atoms with E-state index in [1.165, 1.54) is 0 Å². The highest BCUT2D eigenvalue weighted by molar-refractivity contribution is 5.91. The molecule has 2 aromatic heterocycles. The van der Waals surface area contributed by atoms with Crippen molar-refractivity contribution in [3.8, 4) is 0 Å². The Morgan fingerprint density at radius 1 is 0.513 bits per heavy atom. The first kappa shape index (κ1) is 24.0. The summed E-state index contributed by atoms with van der Waals surface area (Å²) in [7, 11) is 0. The molecule has 4 aromatic carbocycles. The van der Waals surface area contributed by atoms with Gasteiger partial charge in [0, 0.05) is 28.9 Å². The molecule has 6 aromatic rings. The Kier molecular flexibility index (Phi) is 7.00. The van der Waals surface area contributed by atoms with Gasteiger partial charge >= 0.3 is 0 Å². The summed E-state index contributed by atoms with van der Waals surface area (Å²) in [6.07, 6.45) is 13.9. The standard InChI is InChI=1S/C35H26N4/c1-3-7-34-32(5-1)28(21-23-36-34)15-9-26-11-17-30(18-12-26)38-25-39-31-19-13-27(14-20-31)10-16-29-22-24-37-35-8-4-2-6-33(29)35/h1-25H,(H,38,39)/b15-9+,16-10+. The third kappa shape index (κ3) is 5.81. The monoisotopic (exact) mass is 502 g/mol. The molecule has 0 amide bonds. The molecule has 0 spiro atoms. The molecule has 0 fully saturated rings. The van der Waals surface area contributed by atoms with Crippen LogP contribution in [0.1, 0.15) is 22.3 Å². The van der Waals surface area contributed by atoms with Gasteiger partial charge in [-0.3, -0.25) is 9.97 Å². The van der Waals surface area contributed by atoms with Gasteiger partial charge in [-0.05, 0) is 70.8 Å². The van der Waals surface area contributed by atoms with Gasteiger partial charge in [0.05, 0.1) is 23.1 Å². The predicted octanol–water partition coefficient (Wildman–Crippen LogP) is 8.90. The molecule has 0 bridgehead atoms. The van der Waals surface area contributed by atoms with Crippen molar-refractivity contribution in [1.29, 1.82) is 0 Å². The van der Waals surface area contributed by atoms with Crippen LogP contribution < -0.4 is 5.32 Å². The Hall–Kier alpha value is -5.35. The number of anilines is 1. The first-order chi connectivity index (χ1) is 19.3. The summed E-state index contributed by atoms with van der Waals surface area (Å²) in [6, 6.07) is 36.9. The maximum Gasteiger partial charge on any atom is 0.0930 e. The van der Waals surface area contributed by atoms with E-state index < -0.39 is 0 Å². The van der Waals surface area contributed by atoms with Crippen LogP contribution in [-0.2, 0) is 0 Å². The van der Waals surface area contributed by atoms with Gasteiger partial charge in [0.15, 0.2) is 0 Å². The van der Waals surface area contributed by atoms with Gasteiger partial charge < -0.3 is 5.32 Å². The highest BCUT2D eigenvalue weighted by atomic mass is 14.9. The van der Waals surface area contributed by atoms with E-state index in [9.17, 15) is 0 Å². The van der Waals surface area contributed by atoms with Crippen molar-refractivity contribution in [3.63, 3.8) is 0 Å². The Bertz CT molecular complexity index is 1800. The quantitative estimate of drug-likeness (QED) is 0.175. The number of hydrogen-bond acceptors (Lipinski definition) is 3. The lowest BCUT2D eigenvalue weighted by Crippen LogP contribution is -1.93. The number of hydrogen-bond donors (Lipinski definition) is 1. The number of nitrogens with one attached hydrogen (secondary N) is 1. The number of pyridine rings is 2. The fourth-order valence-electron chi connectivity index (χ4n) is 4.44. The minimum absolute atomic E-state index is 0.887. The van der Waals surface area contributed by atoms with Crippen LogP contribution >= 0.6 is 0 Å². The normalized spacial score (nSPS) is 11.8. The lowest BCUT2D eigenvalue weighted by Gasteiger charge is -2.03. The summed E-state index contributed by atoms with van der Waals surface area (Å²) in [4.78, 5) is 13.4. The van der Waals surface area contributed by atoms with E-state index in [0.717, 1.165) is 55.4 Å². The molecule has 1 N–H and O–H groups in total. The fourth-order valence-corrected chi connectivity index (χ4v) is 4.44. The molecule has 2 heterocycles. The molecule has 0 unspecified atom stereocenters. The smallest absolute Gasteiger partial charge is 0.0930 e. The lowest BCUT2D eigenvalue weighted by molar-refractivity contribution is 1.41. The van der Waals surface area contributed by atoms with E-state index in [4.69, 9.17) is 0 Å². The van der Waals surface area contributed by atoms with E-state index >= 15 is 0 Å². The van der Waals surface area contributed by atoms with Crippen molar-refractivity contribution in [1.82, 2.24) is 9.97 Å². The molecular formula is C35H26N4. The highest BCUT2D eigenvalue weighted by Gasteiger charge is 1.99. The number of fused-ring (bicyclic) bond motifs is 2. The minimum Gasteiger partial charge on any atom is -0.346 e. The first-order valence-electron chi connectivity index (χ1n) is 12.8. The van der Waals surface area contributed by atoms with Crippen LogP contribution in [0.4, 0.5) is 11.4 Å². The zero-order valence-electron chi connectivity index (χ0n) is 21.3. The SMILES string of the molecule is C(=Nc1ccc(/C=C/c2ccnc3ccccc23)cc1)Nc1ccc(/C=C/c2ccnc3ccccc23)cc1. The number of nitrogens with zero attached hydrogens (tertiary/aromatic N) is 3. The Morgan fingerprint density at radius 3 is 1.59 bits per heavy atom. The highest BCUT2D eigenvalue weighted by Crippen LogP contribution is 2.21. The van der Waals surface area contributed by atoms with Crippen molar-refractivity contribution in [3.05, 3.63) is 144 Å². The number of para-hydroxylation sites is 2. The molecule has 0 saturated carbocycles. The second kappa shape index (κ2) is 11.4. The largest absolute Gasteiger partial charge is 0.346 e. The third-order valence-electron chi connectivity index (χ3n) is 6.52. The third-order valence-corrected chi connectivity index (χ3v) is 6.52. The molecule has 0 aliphatic rings. The Morgan fingerprint density at radius 2 is 1.03 bits per heavy atom. The van der Waals surface area contributed by atoms with E-state index in [-0.39, 0.29) is 0 Å². The Balaban J connectivity index is 1.06. The molecule has 0 saturated heterocycles. The van der Waals surface area contributed by atoms with E-state index in [1.54, 1.807) is 6.34 Å². The number of aliphatic imine (C=N–C) groups is 1. The number of benzene rings is 4. The van der Waals surface area contributed by atoms with Gasteiger partial charge in [0.1, 0.15) is 0 Å². The van der Waals surface area contributed by atoms with Crippen LogP contribution in [0.3, 0.4) is 0 Å². The van der Waals surface area contributed by atoms with Crippen molar-refractivity contribution in [2.45, 2.75) is 0 Å². The zero-order valence-corrected chi connectivity index (χ0v) is 21.3. The summed E-state index contributed by atoms with van der Waals surface area (Å²) in [5, 5.41) is 5.55. The number of rotatable bonds is 7. The van der Waals surface area contributed by atoms with Crippen molar-refractivity contribution >= 4 is 63.8 Å². The number of aromatic nitrogens is 2. The molecule has 0 atom stereocenters. The molecular weight excluding hydrogens is 476 g/mol. The van der Waals surface area contributed by atoms with Crippen LogP contribution in [0.5, 0.6) is 0 Å². The summed E-state index contributed by atoms with van der Waals surface area (Å²) >= 11 is 0. The molecule has 0 aliphatic carbocycles. The van der Waals surface area contributed by atoms with Gasteiger partial charge in [-0.1, -0.05) is 85.0 Å². The van der Waals surface area contributed by atoms with E-state index in [1.807, 2.05) is 85.2 Å². The molecule has 4 nitrogen and oxygen atoms in total. The average molecular weight is 503 g/mol. The van der Waals surface area contributed by atoms with E-state index in [0.29, 0.717) is 0 Å². The predicted molar refractivity (Wildman–Crippen MR) is 166 cm³/mol. The molecule has 4 heteroatoms. The van der Waals surface area contributed by atoms with Crippen LogP contribution in [-0.4, -0.2) is 16.3 Å². The summed E-state index contributed by atoms with van der Waals surface area (Å²) < 4.78 is 0. The van der Waals surface area contributed by atoms with Crippen LogP contribution in [0.25, 0.3) is 46.1 Å². The molecule has 0 radical (unpaired) electrons. The molecule has 39 heavy (non-hydrogen) atoms. The summed E-state index contributed by atoms with van der Waals surface area (Å²) in [6.45, 7) is 0. The summed E-state index contributed by atoms with van der Waals surface area (Å²) in [5.74, 6) is 0. The molecule has 0 aliphatic heterocycles. The zero-order chi connectivity index (χ0) is 26.3. The first-order valence-corrected chi connectivity index (χ1v) is 12.8. The molecule has 186 valence electrons. The van der Waals surface area contributed by atoms with Gasteiger partial charge in [-0.2, -0.15) is 0 Å². The van der Waals surface area contributed by atoms with Gasteiger partial charge in [0.25, 0.3) is 0 Å². The van der Waals surface area contributed by atoms with Crippen LogP contribution in [0.2, 0.25) is 0 Å².